The number of rotatable bonds is 4. The molecular formula is C18H16ClFN2. The zero-order valence-electron chi connectivity index (χ0n) is 11.9. The first-order chi connectivity index (χ1) is 10.4. The molecule has 2 nitrogen and oxygen atoms in total. The molecule has 0 heterocycles. The molecule has 0 aromatic heterocycles. The molecule has 2 aromatic carbocycles. The SMILES string of the molecule is C=C(N)c1cccc(Cl)c1C(=C)/C=C(\N)c1ccc(F)cc1. The molecule has 0 amide bonds. The normalized spacial score (nSPS) is 11.3. The van der Waals surface area contributed by atoms with Crippen molar-refractivity contribution in [2.24, 2.45) is 11.5 Å². The van der Waals surface area contributed by atoms with Crippen LogP contribution in [0.2, 0.25) is 5.02 Å². The lowest BCUT2D eigenvalue weighted by Gasteiger charge is -2.12. The molecule has 0 fully saturated rings. The van der Waals surface area contributed by atoms with Crippen molar-refractivity contribution in [2.45, 2.75) is 0 Å². The monoisotopic (exact) mass is 314 g/mol. The molecule has 0 spiro atoms. The summed E-state index contributed by atoms with van der Waals surface area (Å²) in [5, 5.41) is 0.511. The molecule has 0 bridgehead atoms. The topological polar surface area (TPSA) is 52.0 Å². The highest BCUT2D eigenvalue weighted by atomic mass is 35.5. The lowest BCUT2D eigenvalue weighted by Crippen LogP contribution is -2.01. The molecule has 2 aromatic rings. The molecule has 0 aliphatic rings. The van der Waals surface area contributed by atoms with Gasteiger partial charge in [0.1, 0.15) is 5.82 Å². The van der Waals surface area contributed by atoms with Gasteiger partial charge < -0.3 is 11.5 Å². The van der Waals surface area contributed by atoms with Crippen LogP contribution >= 0.6 is 11.6 Å². The second kappa shape index (κ2) is 6.50. The van der Waals surface area contributed by atoms with Gasteiger partial charge >= 0.3 is 0 Å². The molecule has 0 radical (unpaired) electrons. The van der Waals surface area contributed by atoms with E-state index in [0.717, 1.165) is 0 Å². The summed E-state index contributed by atoms with van der Waals surface area (Å²) in [5.74, 6) is -0.316. The minimum absolute atomic E-state index is 0.316. The van der Waals surface area contributed by atoms with Gasteiger partial charge in [0.05, 0.1) is 0 Å². The van der Waals surface area contributed by atoms with Crippen molar-refractivity contribution in [3.63, 3.8) is 0 Å². The van der Waals surface area contributed by atoms with E-state index in [0.29, 0.717) is 38.7 Å². The van der Waals surface area contributed by atoms with Crippen molar-refractivity contribution in [3.8, 4) is 0 Å². The van der Waals surface area contributed by atoms with Crippen molar-refractivity contribution >= 4 is 28.6 Å². The standard InChI is InChI=1S/C18H16ClFN2/c1-11(10-17(22)13-6-8-14(20)9-7-13)18-15(12(2)21)4-3-5-16(18)19/h3-10H,1-2,21-22H2/b17-10-. The molecule has 2 rings (SSSR count). The van der Waals surface area contributed by atoms with Gasteiger partial charge in [0.25, 0.3) is 0 Å². The van der Waals surface area contributed by atoms with Crippen LogP contribution in [0, 0.1) is 5.82 Å². The lowest BCUT2D eigenvalue weighted by molar-refractivity contribution is 0.627. The summed E-state index contributed by atoms with van der Waals surface area (Å²) in [7, 11) is 0. The fraction of sp³-hybridized carbons (Fsp3) is 0. The highest BCUT2D eigenvalue weighted by Crippen LogP contribution is 2.30. The number of nitrogens with two attached hydrogens (primary N) is 2. The third-order valence-electron chi connectivity index (χ3n) is 3.19. The summed E-state index contributed by atoms with van der Waals surface area (Å²) in [6, 6.07) is 11.3. The summed E-state index contributed by atoms with van der Waals surface area (Å²) in [6.07, 6.45) is 1.68. The summed E-state index contributed by atoms with van der Waals surface area (Å²) in [4.78, 5) is 0. The maximum Gasteiger partial charge on any atom is 0.123 e. The van der Waals surface area contributed by atoms with E-state index in [-0.39, 0.29) is 5.82 Å². The van der Waals surface area contributed by atoms with Crippen molar-refractivity contribution in [1.82, 2.24) is 0 Å². The quantitative estimate of drug-likeness (QED) is 0.821. The smallest absolute Gasteiger partial charge is 0.123 e. The highest BCUT2D eigenvalue weighted by Gasteiger charge is 2.11. The van der Waals surface area contributed by atoms with Gasteiger partial charge in [0, 0.05) is 27.5 Å². The van der Waals surface area contributed by atoms with E-state index in [1.165, 1.54) is 12.1 Å². The van der Waals surface area contributed by atoms with Gasteiger partial charge in [0.2, 0.25) is 0 Å². The Balaban J connectivity index is 2.42. The van der Waals surface area contributed by atoms with Crippen LogP contribution in [0.3, 0.4) is 0 Å². The second-order valence-corrected chi connectivity index (χ2v) is 5.23. The Morgan fingerprint density at radius 3 is 2.27 bits per heavy atom. The summed E-state index contributed by atoms with van der Waals surface area (Å²) >= 11 is 6.24. The van der Waals surface area contributed by atoms with Crippen LogP contribution in [0.4, 0.5) is 4.39 Å². The first kappa shape index (κ1) is 15.9. The van der Waals surface area contributed by atoms with Crippen LogP contribution in [0.25, 0.3) is 17.0 Å². The number of allylic oxidation sites excluding steroid dienone is 2. The predicted octanol–water partition coefficient (Wildman–Crippen LogP) is 4.42. The maximum atomic E-state index is 13.0. The van der Waals surface area contributed by atoms with Gasteiger partial charge in [-0.15, -0.1) is 0 Å². The Morgan fingerprint density at radius 2 is 1.68 bits per heavy atom. The minimum atomic E-state index is -0.316. The van der Waals surface area contributed by atoms with Crippen LogP contribution < -0.4 is 11.5 Å². The first-order valence-electron chi connectivity index (χ1n) is 6.56. The first-order valence-corrected chi connectivity index (χ1v) is 6.93. The van der Waals surface area contributed by atoms with Crippen molar-refractivity contribution in [2.75, 3.05) is 0 Å². The van der Waals surface area contributed by atoms with E-state index in [1.54, 1.807) is 30.3 Å². The largest absolute Gasteiger partial charge is 0.399 e. The van der Waals surface area contributed by atoms with Crippen LogP contribution in [0.5, 0.6) is 0 Å². The Hall–Kier alpha value is -2.52. The molecule has 0 atom stereocenters. The molecule has 0 aliphatic carbocycles. The fourth-order valence-corrected chi connectivity index (χ4v) is 2.40. The number of halogens is 2. The van der Waals surface area contributed by atoms with E-state index in [1.807, 2.05) is 6.07 Å². The van der Waals surface area contributed by atoms with E-state index in [2.05, 4.69) is 13.2 Å². The molecular weight excluding hydrogens is 299 g/mol. The lowest BCUT2D eigenvalue weighted by atomic mass is 9.97. The van der Waals surface area contributed by atoms with E-state index < -0.39 is 0 Å². The van der Waals surface area contributed by atoms with Gasteiger partial charge in [-0.25, -0.2) is 4.39 Å². The van der Waals surface area contributed by atoms with E-state index >= 15 is 0 Å². The third kappa shape index (κ3) is 3.38. The molecule has 0 saturated carbocycles. The van der Waals surface area contributed by atoms with Gasteiger partial charge in [-0.3, -0.25) is 0 Å². The zero-order chi connectivity index (χ0) is 16.3. The van der Waals surface area contributed by atoms with Crippen molar-refractivity contribution < 1.29 is 4.39 Å². The average molecular weight is 315 g/mol. The average Bonchev–Trinajstić information content (AvgIpc) is 2.47. The molecule has 0 aliphatic heterocycles. The molecule has 22 heavy (non-hydrogen) atoms. The maximum absolute atomic E-state index is 13.0. The Labute approximate surface area is 134 Å². The Morgan fingerprint density at radius 1 is 1.05 bits per heavy atom. The summed E-state index contributed by atoms with van der Waals surface area (Å²) in [6.45, 7) is 7.74. The van der Waals surface area contributed by atoms with Gasteiger partial charge in [-0.1, -0.05) is 49.0 Å². The number of hydrogen-bond acceptors (Lipinski definition) is 2. The van der Waals surface area contributed by atoms with Crippen LogP contribution in [-0.4, -0.2) is 0 Å². The van der Waals surface area contributed by atoms with Gasteiger partial charge in [-0.2, -0.15) is 0 Å². The predicted molar refractivity (Wildman–Crippen MR) is 92.3 cm³/mol. The minimum Gasteiger partial charge on any atom is -0.399 e. The fourth-order valence-electron chi connectivity index (χ4n) is 2.10. The van der Waals surface area contributed by atoms with E-state index in [9.17, 15) is 4.39 Å². The summed E-state index contributed by atoms with van der Waals surface area (Å²) < 4.78 is 13.0. The number of hydrogen-bond donors (Lipinski definition) is 2. The Kier molecular flexibility index (Phi) is 4.68. The van der Waals surface area contributed by atoms with Crippen molar-refractivity contribution in [1.29, 1.82) is 0 Å². The number of benzene rings is 2. The molecule has 112 valence electrons. The van der Waals surface area contributed by atoms with Crippen LogP contribution in [0.1, 0.15) is 16.7 Å². The third-order valence-corrected chi connectivity index (χ3v) is 3.50. The second-order valence-electron chi connectivity index (χ2n) is 4.82. The van der Waals surface area contributed by atoms with Crippen LogP contribution in [0.15, 0.2) is 61.7 Å². The Bertz CT molecular complexity index is 761. The van der Waals surface area contributed by atoms with E-state index in [4.69, 9.17) is 23.1 Å². The van der Waals surface area contributed by atoms with Gasteiger partial charge in [-0.05, 0) is 35.4 Å². The molecule has 0 unspecified atom stereocenters. The van der Waals surface area contributed by atoms with Crippen molar-refractivity contribution in [3.05, 3.63) is 89.2 Å². The zero-order valence-corrected chi connectivity index (χ0v) is 12.7. The highest BCUT2D eigenvalue weighted by molar-refractivity contribution is 6.32. The molecule has 0 saturated heterocycles. The van der Waals surface area contributed by atoms with Crippen LogP contribution in [-0.2, 0) is 0 Å². The van der Waals surface area contributed by atoms with Gasteiger partial charge in [0.15, 0.2) is 0 Å². The molecule has 4 N–H and O–H groups in total. The summed E-state index contributed by atoms with van der Waals surface area (Å²) in [5.41, 5.74) is 15.4. The molecule has 4 heteroatoms.